The minimum absolute atomic E-state index is 0.522. The van der Waals surface area contributed by atoms with Gasteiger partial charge in [-0.3, -0.25) is 0 Å². The predicted molar refractivity (Wildman–Crippen MR) is 74.5 cm³/mol. The van der Waals surface area contributed by atoms with Crippen molar-refractivity contribution in [3.63, 3.8) is 0 Å². The second-order valence-corrected chi connectivity index (χ2v) is 5.33. The van der Waals surface area contributed by atoms with E-state index >= 15 is 0 Å². The summed E-state index contributed by atoms with van der Waals surface area (Å²) in [7, 11) is 0. The maximum atomic E-state index is 5.69. The molecule has 0 aromatic heterocycles. The van der Waals surface area contributed by atoms with Crippen molar-refractivity contribution in [2.24, 2.45) is 0 Å². The molecule has 1 rings (SSSR count). The summed E-state index contributed by atoms with van der Waals surface area (Å²) in [5, 5.41) is 3.23. The molecule has 0 spiro atoms. The second kappa shape index (κ2) is 11.0. The normalized spacial score (nSPS) is 16.1. The number of unbranched alkanes of at least 4 members (excludes halogenated alkanes) is 9. The fraction of sp³-hybridized carbons (Fsp3) is 1.00. The van der Waals surface area contributed by atoms with Gasteiger partial charge >= 0.3 is 0 Å². The minimum atomic E-state index is 0.522. The SMILES string of the molecule is CCCCCCCCCCCCOC1CNC1. The molecule has 0 amide bonds. The fourth-order valence-corrected chi connectivity index (χ4v) is 2.22. The fourth-order valence-electron chi connectivity index (χ4n) is 2.22. The highest BCUT2D eigenvalue weighted by Crippen LogP contribution is 2.10. The molecule has 0 aromatic rings. The lowest BCUT2D eigenvalue weighted by molar-refractivity contribution is 0.0169. The van der Waals surface area contributed by atoms with Gasteiger partial charge in [-0.05, 0) is 6.42 Å². The molecule has 0 atom stereocenters. The molecule has 0 aliphatic carbocycles. The van der Waals surface area contributed by atoms with Crippen LogP contribution in [-0.4, -0.2) is 25.8 Å². The molecule has 0 unspecified atom stereocenters. The maximum absolute atomic E-state index is 5.69. The van der Waals surface area contributed by atoms with E-state index in [0.717, 1.165) is 19.7 Å². The van der Waals surface area contributed by atoms with Gasteiger partial charge in [-0.2, -0.15) is 0 Å². The Labute approximate surface area is 108 Å². The molecule has 1 saturated heterocycles. The first-order chi connectivity index (χ1) is 8.43. The van der Waals surface area contributed by atoms with E-state index in [1.807, 2.05) is 0 Å². The van der Waals surface area contributed by atoms with Crippen molar-refractivity contribution < 1.29 is 4.74 Å². The first kappa shape index (κ1) is 15.0. The van der Waals surface area contributed by atoms with Crippen molar-refractivity contribution in [1.29, 1.82) is 0 Å². The summed E-state index contributed by atoms with van der Waals surface area (Å²) >= 11 is 0. The van der Waals surface area contributed by atoms with Gasteiger partial charge in [-0.25, -0.2) is 0 Å². The summed E-state index contributed by atoms with van der Waals surface area (Å²) in [6.07, 6.45) is 14.5. The van der Waals surface area contributed by atoms with E-state index in [-0.39, 0.29) is 0 Å². The van der Waals surface area contributed by atoms with E-state index in [1.54, 1.807) is 0 Å². The van der Waals surface area contributed by atoms with Crippen LogP contribution in [-0.2, 0) is 4.74 Å². The summed E-state index contributed by atoms with van der Waals surface area (Å²) in [6, 6.07) is 0. The minimum Gasteiger partial charge on any atom is -0.376 e. The summed E-state index contributed by atoms with van der Waals surface area (Å²) in [4.78, 5) is 0. The number of hydrogen-bond donors (Lipinski definition) is 1. The van der Waals surface area contributed by atoms with Gasteiger partial charge < -0.3 is 10.1 Å². The molecule has 1 aliphatic rings. The maximum Gasteiger partial charge on any atom is 0.0823 e. The largest absolute Gasteiger partial charge is 0.376 e. The van der Waals surface area contributed by atoms with Crippen molar-refractivity contribution in [3.8, 4) is 0 Å². The van der Waals surface area contributed by atoms with Crippen LogP contribution in [0.25, 0.3) is 0 Å². The van der Waals surface area contributed by atoms with Crippen molar-refractivity contribution in [2.45, 2.75) is 77.2 Å². The molecular weight excluding hydrogens is 210 g/mol. The number of rotatable bonds is 12. The Hall–Kier alpha value is -0.0800. The Morgan fingerprint density at radius 3 is 1.82 bits per heavy atom. The lowest BCUT2D eigenvalue weighted by atomic mass is 10.1. The predicted octanol–water partition coefficient (Wildman–Crippen LogP) is 3.90. The van der Waals surface area contributed by atoms with Crippen LogP contribution in [0.5, 0.6) is 0 Å². The molecule has 1 fully saturated rings. The average molecular weight is 241 g/mol. The Balaban J connectivity index is 1.64. The van der Waals surface area contributed by atoms with Gasteiger partial charge in [-0.15, -0.1) is 0 Å². The second-order valence-electron chi connectivity index (χ2n) is 5.33. The van der Waals surface area contributed by atoms with Crippen LogP contribution >= 0.6 is 0 Å². The van der Waals surface area contributed by atoms with Crippen molar-refractivity contribution >= 4 is 0 Å². The van der Waals surface area contributed by atoms with Gasteiger partial charge in [0.25, 0.3) is 0 Å². The first-order valence-electron chi connectivity index (χ1n) is 7.76. The van der Waals surface area contributed by atoms with Crippen molar-refractivity contribution in [1.82, 2.24) is 5.32 Å². The van der Waals surface area contributed by atoms with Crippen LogP contribution in [0.15, 0.2) is 0 Å². The Morgan fingerprint density at radius 2 is 1.35 bits per heavy atom. The van der Waals surface area contributed by atoms with Crippen LogP contribution in [0.1, 0.15) is 71.1 Å². The molecule has 1 aliphatic heterocycles. The Bertz CT molecular complexity index is 157. The highest BCUT2D eigenvalue weighted by molar-refractivity contribution is 4.74. The third-order valence-corrected chi connectivity index (χ3v) is 3.60. The lowest BCUT2D eigenvalue weighted by Gasteiger charge is -2.27. The Kier molecular flexibility index (Phi) is 9.72. The van der Waals surface area contributed by atoms with E-state index in [9.17, 15) is 0 Å². The van der Waals surface area contributed by atoms with Crippen molar-refractivity contribution in [2.75, 3.05) is 19.7 Å². The van der Waals surface area contributed by atoms with E-state index < -0.39 is 0 Å². The highest BCUT2D eigenvalue weighted by Gasteiger charge is 2.15. The summed E-state index contributed by atoms with van der Waals surface area (Å²) < 4.78 is 5.69. The quantitative estimate of drug-likeness (QED) is 0.523. The molecule has 1 N–H and O–H groups in total. The monoisotopic (exact) mass is 241 g/mol. The number of nitrogens with one attached hydrogen (secondary N) is 1. The van der Waals surface area contributed by atoms with Gasteiger partial charge in [0.2, 0.25) is 0 Å². The lowest BCUT2D eigenvalue weighted by Crippen LogP contribution is -2.48. The van der Waals surface area contributed by atoms with Crippen LogP contribution in [0.2, 0.25) is 0 Å². The molecule has 0 bridgehead atoms. The summed E-state index contributed by atoms with van der Waals surface area (Å²) in [5.74, 6) is 0. The molecule has 102 valence electrons. The van der Waals surface area contributed by atoms with Gasteiger partial charge in [-0.1, -0.05) is 64.7 Å². The van der Waals surface area contributed by atoms with Crippen LogP contribution < -0.4 is 5.32 Å². The van der Waals surface area contributed by atoms with Crippen LogP contribution in [0.3, 0.4) is 0 Å². The number of hydrogen-bond acceptors (Lipinski definition) is 2. The van der Waals surface area contributed by atoms with E-state index in [1.165, 1.54) is 64.2 Å². The molecule has 0 radical (unpaired) electrons. The van der Waals surface area contributed by atoms with Gasteiger partial charge in [0.05, 0.1) is 6.10 Å². The smallest absolute Gasteiger partial charge is 0.0823 e. The summed E-state index contributed by atoms with van der Waals surface area (Å²) in [6.45, 7) is 5.39. The standard InChI is InChI=1S/C15H31NO/c1-2-3-4-5-6-7-8-9-10-11-12-17-15-13-16-14-15/h15-16H,2-14H2,1H3. The first-order valence-corrected chi connectivity index (χ1v) is 7.76. The topological polar surface area (TPSA) is 21.3 Å². The van der Waals surface area contributed by atoms with Gasteiger partial charge in [0.15, 0.2) is 0 Å². The zero-order valence-corrected chi connectivity index (χ0v) is 11.7. The third-order valence-electron chi connectivity index (χ3n) is 3.60. The number of ether oxygens (including phenoxy) is 1. The third kappa shape index (κ3) is 8.62. The molecule has 0 aromatic carbocycles. The summed E-state index contributed by atoms with van der Waals surface area (Å²) in [5.41, 5.74) is 0. The van der Waals surface area contributed by atoms with Gasteiger partial charge in [0.1, 0.15) is 0 Å². The molecule has 0 saturated carbocycles. The van der Waals surface area contributed by atoms with Gasteiger partial charge in [0, 0.05) is 19.7 Å². The van der Waals surface area contributed by atoms with E-state index in [0.29, 0.717) is 6.10 Å². The van der Waals surface area contributed by atoms with Crippen molar-refractivity contribution in [3.05, 3.63) is 0 Å². The van der Waals surface area contributed by atoms with E-state index in [4.69, 9.17) is 4.74 Å². The zero-order chi connectivity index (χ0) is 12.2. The zero-order valence-electron chi connectivity index (χ0n) is 11.7. The van der Waals surface area contributed by atoms with E-state index in [2.05, 4.69) is 12.2 Å². The van der Waals surface area contributed by atoms with Crippen LogP contribution in [0.4, 0.5) is 0 Å². The van der Waals surface area contributed by atoms with Crippen LogP contribution in [0, 0.1) is 0 Å². The molecular formula is C15H31NO. The molecule has 17 heavy (non-hydrogen) atoms. The highest BCUT2D eigenvalue weighted by atomic mass is 16.5. The Morgan fingerprint density at radius 1 is 0.824 bits per heavy atom. The molecule has 1 heterocycles. The molecule has 2 nitrogen and oxygen atoms in total. The molecule has 2 heteroatoms. The average Bonchev–Trinajstić information content (AvgIpc) is 2.28.